The minimum Gasteiger partial charge on any atom is -0.324 e. The minimum atomic E-state index is -0.504. The molecule has 1 heterocycles. The smallest absolute Gasteiger partial charge is 0.259 e. The topological polar surface area (TPSA) is 98.6 Å². The van der Waals surface area contributed by atoms with Crippen LogP contribution < -0.4 is 10.9 Å². The second-order valence-corrected chi connectivity index (χ2v) is 6.62. The Morgan fingerprint density at radius 3 is 2.76 bits per heavy atom. The number of nitrogens with zero attached hydrogens (tertiary/aromatic N) is 2. The lowest BCUT2D eigenvalue weighted by Crippen LogP contribution is -2.23. The lowest BCUT2D eigenvalue weighted by atomic mass is 10.2. The van der Waals surface area contributed by atoms with Gasteiger partial charge in [-0.25, -0.2) is 4.98 Å². The summed E-state index contributed by atoms with van der Waals surface area (Å²) < 4.78 is 0. The summed E-state index contributed by atoms with van der Waals surface area (Å²) in [5, 5.41) is 12.2. The molecule has 0 unspecified atom stereocenters. The van der Waals surface area contributed by atoms with Gasteiger partial charge in [-0.1, -0.05) is 36.0 Å². The van der Waals surface area contributed by atoms with Gasteiger partial charge in [0.2, 0.25) is 5.91 Å². The van der Waals surface area contributed by atoms with Gasteiger partial charge in [0.15, 0.2) is 5.16 Å². The van der Waals surface area contributed by atoms with Crippen LogP contribution in [0, 0.1) is 11.3 Å². The molecule has 1 aromatic heterocycles. The number of rotatable bonds is 4. The number of nitrogens with one attached hydrogen (secondary N) is 2. The molecule has 1 atom stereocenters. The molecular formula is C18H14N4O2S. The molecule has 0 fully saturated rings. The Kier molecular flexibility index (Phi) is 4.82. The molecule has 0 saturated carbocycles. The van der Waals surface area contributed by atoms with E-state index in [1.165, 1.54) is 0 Å². The number of para-hydroxylation sites is 2. The molecular weight excluding hydrogens is 336 g/mol. The highest BCUT2D eigenvalue weighted by molar-refractivity contribution is 8.00. The van der Waals surface area contributed by atoms with E-state index in [-0.39, 0.29) is 11.5 Å². The average Bonchev–Trinajstić information content (AvgIpc) is 2.62. The van der Waals surface area contributed by atoms with Crippen LogP contribution in [0.5, 0.6) is 0 Å². The van der Waals surface area contributed by atoms with Crippen molar-refractivity contribution in [2.75, 3.05) is 5.32 Å². The third-order valence-corrected chi connectivity index (χ3v) is 4.54. The molecule has 2 N–H and O–H groups in total. The summed E-state index contributed by atoms with van der Waals surface area (Å²) in [5.41, 5.74) is 1.19. The number of hydrogen-bond acceptors (Lipinski definition) is 5. The molecule has 25 heavy (non-hydrogen) atoms. The molecule has 0 spiro atoms. The Hall–Kier alpha value is -3.11. The summed E-state index contributed by atoms with van der Waals surface area (Å²) in [4.78, 5) is 31.5. The van der Waals surface area contributed by atoms with Crippen LogP contribution >= 0.6 is 11.8 Å². The van der Waals surface area contributed by atoms with Crippen LogP contribution in [-0.4, -0.2) is 21.1 Å². The highest BCUT2D eigenvalue weighted by Gasteiger charge is 2.17. The fourth-order valence-corrected chi connectivity index (χ4v) is 3.07. The van der Waals surface area contributed by atoms with Crippen LogP contribution in [0.25, 0.3) is 10.9 Å². The maximum absolute atomic E-state index is 12.4. The number of aromatic nitrogens is 2. The summed E-state index contributed by atoms with van der Waals surface area (Å²) in [6.07, 6.45) is 0. The Labute approximate surface area is 147 Å². The van der Waals surface area contributed by atoms with Gasteiger partial charge < -0.3 is 10.3 Å². The zero-order valence-corrected chi connectivity index (χ0v) is 14.1. The number of fused-ring (bicyclic) bond motifs is 1. The number of carbonyl (C=O) groups excluding carboxylic acids is 1. The van der Waals surface area contributed by atoms with Gasteiger partial charge in [-0.2, -0.15) is 5.26 Å². The number of anilines is 1. The monoisotopic (exact) mass is 350 g/mol. The van der Waals surface area contributed by atoms with Crippen molar-refractivity contribution in [1.82, 2.24) is 9.97 Å². The molecule has 6 nitrogen and oxygen atoms in total. The van der Waals surface area contributed by atoms with Gasteiger partial charge in [0.1, 0.15) is 6.07 Å². The Bertz CT molecular complexity index is 1040. The first kappa shape index (κ1) is 16.7. The van der Waals surface area contributed by atoms with Gasteiger partial charge in [-0.3, -0.25) is 9.59 Å². The van der Waals surface area contributed by atoms with Crippen molar-refractivity contribution in [2.24, 2.45) is 0 Å². The number of carbonyl (C=O) groups is 1. The maximum Gasteiger partial charge on any atom is 0.259 e. The SMILES string of the molecule is C[C@@H](Sc1nc2ccccc2c(=O)[nH]1)C(=O)Nc1ccccc1C#N. The van der Waals surface area contributed by atoms with Crippen LogP contribution in [0.1, 0.15) is 12.5 Å². The highest BCUT2D eigenvalue weighted by Crippen LogP contribution is 2.22. The largest absolute Gasteiger partial charge is 0.324 e. The predicted octanol–water partition coefficient (Wildman–Crippen LogP) is 2.91. The van der Waals surface area contributed by atoms with Crippen LogP contribution in [0.4, 0.5) is 5.69 Å². The highest BCUT2D eigenvalue weighted by atomic mass is 32.2. The Morgan fingerprint density at radius 2 is 1.96 bits per heavy atom. The molecule has 0 bridgehead atoms. The van der Waals surface area contributed by atoms with Crippen LogP contribution in [0.2, 0.25) is 0 Å². The van der Waals surface area contributed by atoms with Gasteiger partial charge in [0.25, 0.3) is 5.56 Å². The fourth-order valence-electron chi connectivity index (χ4n) is 2.27. The minimum absolute atomic E-state index is 0.240. The van der Waals surface area contributed by atoms with Gasteiger partial charge >= 0.3 is 0 Å². The van der Waals surface area contributed by atoms with Crippen molar-refractivity contribution in [1.29, 1.82) is 5.26 Å². The molecule has 0 saturated heterocycles. The molecule has 2 aromatic carbocycles. The zero-order chi connectivity index (χ0) is 17.8. The number of H-pyrrole nitrogens is 1. The van der Waals surface area contributed by atoms with Crippen molar-refractivity contribution in [3.05, 3.63) is 64.4 Å². The van der Waals surface area contributed by atoms with E-state index in [1.807, 2.05) is 6.07 Å². The Balaban J connectivity index is 1.78. The number of aromatic amines is 1. The molecule has 0 radical (unpaired) electrons. The zero-order valence-electron chi connectivity index (χ0n) is 13.3. The Morgan fingerprint density at radius 1 is 1.24 bits per heavy atom. The van der Waals surface area contributed by atoms with E-state index in [0.717, 1.165) is 11.8 Å². The molecule has 3 aromatic rings. The molecule has 7 heteroatoms. The quantitative estimate of drug-likeness (QED) is 0.557. The van der Waals surface area contributed by atoms with E-state index in [4.69, 9.17) is 5.26 Å². The van der Waals surface area contributed by atoms with Crippen LogP contribution in [-0.2, 0) is 4.79 Å². The molecule has 1 amide bonds. The van der Waals surface area contributed by atoms with E-state index in [1.54, 1.807) is 55.5 Å². The lowest BCUT2D eigenvalue weighted by Gasteiger charge is -2.12. The van der Waals surface area contributed by atoms with E-state index in [2.05, 4.69) is 15.3 Å². The average molecular weight is 350 g/mol. The van der Waals surface area contributed by atoms with E-state index < -0.39 is 5.25 Å². The number of benzene rings is 2. The first-order valence-corrected chi connectivity index (χ1v) is 8.42. The first-order valence-electron chi connectivity index (χ1n) is 7.54. The molecule has 0 aliphatic heterocycles. The number of hydrogen-bond donors (Lipinski definition) is 2. The molecule has 0 aliphatic carbocycles. The van der Waals surface area contributed by atoms with Crippen LogP contribution in [0.15, 0.2) is 58.5 Å². The summed E-state index contributed by atoms with van der Waals surface area (Å²) in [6.45, 7) is 1.71. The van der Waals surface area contributed by atoms with E-state index >= 15 is 0 Å². The summed E-state index contributed by atoms with van der Waals surface area (Å²) in [7, 11) is 0. The molecule has 0 aliphatic rings. The normalized spacial score (nSPS) is 11.7. The van der Waals surface area contributed by atoms with Gasteiger partial charge in [0.05, 0.1) is 27.4 Å². The van der Waals surface area contributed by atoms with Gasteiger partial charge in [-0.05, 0) is 31.2 Å². The summed E-state index contributed by atoms with van der Waals surface area (Å²) >= 11 is 1.15. The van der Waals surface area contributed by atoms with Gasteiger partial charge in [0, 0.05) is 0 Å². The lowest BCUT2D eigenvalue weighted by molar-refractivity contribution is -0.115. The molecule has 3 rings (SSSR count). The number of thioether (sulfide) groups is 1. The number of nitriles is 1. The maximum atomic E-state index is 12.4. The summed E-state index contributed by atoms with van der Waals surface area (Å²) in [6, 6.07) is 15.8. The predicted molar refractivity (Wildman–Crippen MR) is 97.5 cm³/mol. The second kappa shape index (κ2) is 7.20. The van der Waals surface area contributed by atoms with E-state index in [0.29, 0.717) is 27.3 Å². The van der Waals surface area contributed by atoms with Crippen LogP contribution in [0.3, 0.4) is 0 Å². The first-order chi connectivity index (χ1) is 12.1. The standard InChI is InChI=1S/C18H14N4O2S/c1-11(16(23)20-14-8-4-2-6-12(14)10-19)25-18-21-15-9-5-3-7-13(15)17(24)22-18/h2-9,11H,1H3,(H,20,23)(H,21,22,24)/t11-/m1/s1. The second-order valence-electron chi connectivity index (χ2n) is 5.29. The molecule has 124 valence electrons. The van der Waals surface area contributed by atoms with Crippen molar-refractivity contribution in [2.45, 2.75) is 17.3 Å². The fraction of sp³-hybridized carbons (Fsp3) is 0.111. The summed E-state index contributed by atoms with van der Waals surface area (Å²) in [5.74, 6) is -0.275. The van der Waals surface area contributed by atoms with Crippen molar-refractivity contribution in [3.63, 3.8) is 0 Å². The third-order valence-electron chi connectivity index (χ3n) is 3.55. The number of amides is 1. The van der Waals surface area contributed by atoms with E-state index in [9.17, 15) is 9.59 Å². The van der Waals surface area contributed by atoms with Crippen molar-refractivity contribution in [3.8, 4) is 6.07 Å². The van der Waals surface area contributed by atoms with Crippen molar-refractivity contribution < 1.29 is 4.79 Å². The van der Waals surface area contributed by atoms with Crippen molar-refractivity contribution >= 4 is 34.3 Å². The van der Waals surface area contributed by atoms with Gasteiger partial charge in [-0.15, -0.1) is 0 Å². The third kappa shape index (κ3) is 3.70.